The van der Waals surface area contributed by atoms with Crippen LogP contribution in [0.15, 0.2) is 34.7 Å². The van der Waals surface area contributed by atoms with Crippen LogP contribution in [0.5, 0.6) is 0 Å². The van der Waals surface area contributed by atoms with Crippen molar-refractivity contribution in [2.45, 2.75) is 39.4 Å². The fourth-order valence-corrected chi connectivity index (χ4v) is 4.32. The first-order valence-electron chi connectivity index (χ1n) is 8.27. The van der Waals surface area contributed by atoms with E-state index in [1.54, 1.807) is 31.3 Å². The highest BCUT2D eigenvalue weighted by atomic mass is 32.2. The molecule has 0 amide bonds. The average molecular weight is 386 g/mol. The van der Waals surface area contributed by atoms with Crippen LogP contribution in [0.2, 0.25) is 0 Å². The molecule has 134 valence electrons. The van der Waals surface area contributed by atoms with Gasteiger partial charge in [0.15, 0.2) is 0 Å². The Balaban J connectivity index is 2.19. The highest BCUT2D eigenvalue weighted by Crippen LogP contribution is 2.36. The third kappa shape index (κ3) is 3.64. The van der Waals surface area contributed by atoms with Crippen molar-refractivity contribution >= 4 is 48.6 Å². The van der Waals surface area contributed by atoms with Crippen LogP contribution < -0.4 is 0 Å². The van der Waals surface area contributed by atoms with Gasteiger partial charge in [0.2, 0.25) is 0 Å². The van der Waals surface area contributed by atoms with Gasteiger partial charge in [0, 0.05) is 31.3 Å². The summed E-state index contributed by atoms with van der Waals surface area (Å²) < 4.78 is 32.7. The normalized spacial score (nSPS) is 13.7. The lowest BCUT2D eigenvalue weighted by Crippen LogP contribution is -2.26. The molecule has 26 heavy (non-hydrogen) atoms. The SMILES string of the molecule is CC#Cc1ccc2sc3cc(F)c(C(C)=N[S@+]([O-])C(C)(C)C)cc3c2c1. The van der Waals surface area contributed by atoms with Crippen molar-refractivity contribution in [3.05, 3.63) is 47.3 Å². The molecule has 3 aromatic rings. The molecule has 1 heterocycles. The average Bonchev–Trinajstić information content (AvgIpc) is 2.90. The first kappa shape index (κ1) is 18.9. The van der Waals surface area contributed by atoms with E-state index in [4.69, 9.17) is 0 Å². The Morgan fingerprint density at radius 1 is 1.15 bits per heavy atom. The van der Waals surface area contributed by atoms with Gasteiger partial charge in [0.1, 0.15) is 21.9 Å². The molecule has 5 heteroatoms. The lowest BCUT2D eigenvalue weighted by molar-refractivity contribution is 0.561. The first-order chi connectivity index (χ1) is 12.2. The first-order valence-corrected chi connectivity index (χ1v) is 10.2. The van der Waals surface area contributed by atoms with E-state index in [1.165, 1.54) is 0 Å². The van der Waals surface area contributed by atoms with Gasteiger partial charge in [-0.2, -0.15) is 0 Å². The molecular formula is C21H20FNOS2. The maximum absolute atomic E-state index is 14.7. The molecule has 0 unspecified atom stereocenters. The fourth-order valence-electron chi connectivity index (χ4n) is 2.61. The van der Waals surface area contributed by atoms with E-state index in [0.29, 0.717) is 11.3 Å². The summed E-state index contributed by atoms with van der Waals surface area (Å²) in [6, 6.07) is 9.38. The van der Waals surface area contributed by atoms with E-state index in [-0.39, 0.29) is 5.82 Å². The zero-order valence-electron chi connectivity index (χ0n) is 15.4. The molecule has 0 N–H and O–H groups in total. The van der Waals surface area contributed by atoms with Crippen LogP contribution in [0.4, 0.5) is 4.39 Å². The van der Waals surface area contributed by atoms with Crippen molar-refractivity contribution in [2.75, 3.05) is 0 Å². The minimum Gasteiger partial charge on any atom is -0.591 e. The van der Waals surface area contributed by atoms with Crippen LogP contribution in [0.1, 0.15) is 45.7 Å². The largest absolute Gasteiger partial charge is 0.591 e. The molecule has 0 fully saturated rings. The number of hydrogen-bond donors (Lipinski definition) is 0. The molecule has 3 rings (SSSR count). The summed E-state index contributed by atoms with van der Waals surface area (Å²) >= 11 is 0.125. The second kappa shape index (κ2) is 7.03. The Morgan fingerprint density at radius 3 is 2.50 bits per heavy atom. The van der Waals surface area contributed by atoms with Crippen LogP contribution in [-0.4, -0.2) is 15.0 Å². The predicted molar refractivity (Wildman–Crippen MR) is 112 cm³/mol. The summed E-state index contributed by atoms with van der Waals surface area (Å²) in [4.78, 5) is 0. The number of fused-ring (bicyclic) bond motifs is 3. The van der Waals surface area contributed by atoms with Gasteiger partial charge >= 0.3 is 0 Å². The number of thiophene rings is 1. The van der Waals surface area contributed by atoms with E-state index in [9.17, 15) is 8.94 Å². The van der Waals surface area contributed by atoms with Crippen molar-refractivity contribution < 1.29 is 8.94 Å². The van der Waals surface area contributed by atoms with Crippen LogP contribution in [0.25, 0.3) is 20.2 Å². The van der Waals surface area contributed by atoms with Crippen LogP contribution in [-0.2, 0) is 11.4 Å². The highest BCUT2D eigenvalue weighted by Gasteiger charge is 2.27. The number of hydrogen-bond acceptors (Lipinski definition) is 3. The van der Waals surface area contributed by atoms with E-state index in [0.717, 1.165) is 25.7 Å². The molecule has 1 aromatic heterocycles. The number of nitrogens with zero attached hydrogens (tertiary/aromatic N) is 1. The zero-order valence-corrected chi connectivity index (χ0v) is 17.1. The Bertz CT molecular complexity index is 1080. The van der Waals surface area contributed by atoms with Gasteiger partial charge in [-0.05, 0) is 65.0 Å². The van der Waals surface area contributed by atoms with E-state index >= 15 is 0 Å². The van der Waals surface area contributed by atoms with E-state index < -0.39 is 16.1 Å². The van der Waals surface area contributed by atoms with Crippen molar-refractivity contribution in [3.8, 4) is 11.8 Å². The standard InChI is InChI=1S/C21H20FNOS2/c1-6-7-14-8-9-19-16(10-14)17-11-15(18(22)12-20(17)25-19)13(2)23-26(24)21(3,4)5/h8-12H,1-5H3/t26-/m1/s1. The maximum atomic E-state index is 14.7. The molecule has 0 saturated carbocycles. The summed E-state index contributed by atoms with van der Waals surface area (Å²) in [5, 5.41) is 2.02. The quantitative estimate of drug-likeness (QED) is 0.310. The van der Waals surface area contributed by atoms with Gasteiger partial charge < -0.3 is 4.55 Å². The minimum absolute atomic E-state index is 0.343. The van der Waals surface area contributed by atoms with Gasteiger partial charge in [-0.25, -0.2) is 4.39 Å². The molecular weight excluding hydrogens is 365 g/mol. The van der Waals surface area contributed by atoms with E-state index in [2.05, 4.69) is 16.2 Å². The number of halogens is 1. The van der Waals surface area contributed by atoms with E-state index in [1.807, 2.05) is 45.0 Å². The Labute approximate surface area is 160 Å². The number of rotatable bonds is 2. The molecule has 0 aliphatic heterocycles. The highest BCUT2D eigenvalue weighted by molar-refractivity contribution is 7.91. The molecule has 2 nitrogen and oxygen atoms in total. The summed E-state index contributed by atoms with van der Waals surface area (Å²) in [6.07, 6.45) is 0. The Hall–Kier alpha value is -1.87. The lowest BCUT2D eigenvalue weighted by Gasteiger charge is -2.18. The summed E-state index contributed by atoms with van der Waals surface area (Å²) in [5.74, 6) is 5.62. The second-order valence-corrected chi connectivity index (χ2v) is 10.0. The van der Waals surface area contributed by atoms with Crippen LogP contribution >= 0.6 is 11.3 Å². The van der Waals surface area contributed by atoms with Crippen molar-refractivity contribution in [1.29, 1.82) is 0 Å². The zero-order chi connectivity index (χ0) is 19.1. The van der Waals surface area contributed by atoms with Crippen LogP contribution in [0, 0.1) is 17.7 Å². The van der Waals surface area contributed by atoms with Gasteiger partial charge in [-0.15, -0.1) is 17.3 Å². The molecule has 0 aliphatic carbocycles. The monoisotopic (exact) mass is 385 g/mol. The smallest absolute Gasteiger partial charge is 0.144 e. The molecule has 0 radical (unpaired) electrons. The van der Waals surface area contributed by atoms with Crippen LogP contribution in [0.3, 0.4) is 0 Å². The van der Waals surface area contributed by atoms with Gasteiger partial charge in [0.25, 0.3) is 0 Å². The molecule has 2 aromatic carbocycles. The molecule has 1 atom stereocenters. The molecule has 0 saturated heterocycles. The maximum Gasteiger partial charge on any atom is 0.144 e. The van der Waals surface area contributed by atoms with Gasteiger partial charge in [-0.1, -0.05) is 10.3 Å². The summed E-state index contributed by atoms with van der Waals surface area (Å²) in [5.41, 5.74) is 1.77. The van der Waals surface area contributed by atoms with Gasteiger partial charge in [0.05, 0.1) is 5.71 Å². The molecule has 0 aliphatic rings. The minimum atomic E-state index is -1.43. The summed E-state index contributed by atoms with van der Waals surface area (Å²) in [7, 11) is 0. The topological polar surface area (TPSA) is 35.4 Å². The van der Waals surface area contributed by atoms with Crippen molar-refractivity contribution in [1.82, 2.24) is 0 Å². The Kier molecular flexibility index (Phi) is 5.12. The summed E-state index contributed by atoms with van der Waals surface area (Å²) in [6.45, 7) is 9.06. The third-order valence-corrected chi connectivity index (χ3v) is 6.58. The molecule has 0 bridgehead atoms. The molecule has 0 spiro atoms. The third-order valence-electron chi connectivity index (χ3n) is 3.96. The predicted octanol–water partition coefficient (Wildman–Crippen LogP) is 5.84. The lowest BCUT2D eigenvalue weighted by atomic mass is 10.0. The van der Waals surface area contributed by atoms with Crippen molar-refractivity contribution in [2.24, 2.45) is 4.40 Å². The van der Waals surface area contributed by atoms with Crippen molar-refractivity contribution in [3.63, 3.8) is 0 Å². The van der Waals surface area contributed by atoms with Gasteiger partial charge in [-0.3, -0.25) is 0 Å². The second-order valence-electron chi connectivity index (χ2n) is 7.05. The fraction of sp³-hybridized carbons (Fsp3) is 0.286. The number of benzene rings is 2. The Morgan fingerprint density at radius 2 is 1.85 bits per heavy atom.